The molecule has 1 saturated carbocycles. The Balaban J connectivity index is 0.000000461. The van der Waals surface area contributed by atoms with E-state index in [0.29, 0.717) is 0 Å². The average Bonchev–Trinajstić information content (AvgIpc) is 2.41. The van der Waals surface area contributed by atoms with Crippen LogP contribution in [0.5, 0.6) is 0 Å². The predicted molar refractivity (Wildman–Crippen MR) is 49.7 cm³/mol. The minimum Gasteiger partial charge on any atom is -0.390 e. The number of hydrogen-bond acceptors (Lipinski definition) is 1. The molecule has 0 aliphatic heterocycles. The molecule has 1 aliphatic rings. The van der Waals surface area contributed by atoms with E-state index in [1.165, 1.54) is 12.8 Å². The zero-order valence-electron chi connectivity index (χ0n) is 8.19. The Bertz CT molecular complexity index is 82.9. The van der Waals surface area contributed by atoms with E-state index in [4.69, 9.17) is 0 Å². The highest BCUT2D eigenvalue weighted by Gasteiger charge is 2.29. The molecule has 0 spiro atoms. The predicted octanol–water partition coefficient (Wildman–Crippen LogP) is 3.12. The summed E-state index contributed by atoms with van der Waals surface area (Å²) in [5.41, 5.74) is -0.255. The molecule has 0 saturated heterocycles. The lowest BCUT2D eigenvalue weighted by Crippen LogP contribution is -2.22. The molecule has 0 bridgehead atoms. The van der Waals surface area contributed by atoms with Crippen LogP contribution in [0, 0.1) is 0 Å². The molecule has 1 heteroatoms. The fourth-order valence-electron chi connectivity index (χ4n) is 1.75. The van der Waals surface area contributed by atoms with Crippen LogP contribution < -0.4 is 0 Å². The summed E-state index contributed by atoms with van der Waals surface area (Å²) in [5, 5.41) is 9.69. The van der Waals surface area contributed by atoms with Gasteiger partial charge in [-0.2, -0.15) is 0 Å². The van der Waals surface area contributed by atoms with Gasteiger partial charge in [0.25, 0.3) is 0 Å². The van der Waals surface area contributed by atoms with Crippen molar-refractivity contribution in [2.45, 2.75) is 64.9 Å². The number of hydrogen-bond donors (Lipinski definition) is 1. The van der Waals surface area contributed by atoms with E-state index in [-0.39, 0.29) is 5.60 Å². The van der Waals surface area contributed by atoms with Crippen molar-refractivity contribution in [1.29, 1.82) is 0 Å². The van der Waals surface area contributed by atoms with Crippen LogP contribution in [-0.4, -0.2) is 10.7 Å². The molecule has 0 amide bonds. The number of rotatable bonds is 2. The Morgan fingerprint density at radius 3 is 2.00 bits per heavy atom. The Morgan fingerprint density at radius 1 is 1.18 bits per heavy atom. The van der Waals surface area contributed by atoms with Gasteiger partial charge in [0.05, 0.1) is 5.60 Å². The zero-order valence-corrected chi connectivity index (χ0v) is 8.19. The van der Waals surface area contributed by atoms with Crippen molar-refractivity contribution in [3.8, 4) is 0 Å². The van der Waals surface area contributed by atoms with Crippen LogP contribution in [0.3, 0.4) is 0 Å². The van der Waals surface area contributed by atoms with Gasteiger partial charge in [-0.05, 0) is 19.3 Å². The van der Waals surface area contributed by atoms with Crippen molar-refractivity contribution < 1.29 is 5.11 Å². The second-order valence-corrected chi connectivity index (χ2v) is 3.18. The van der Waals surface area contributed by atoms with Crippen LogP contribution in [0.4, 0.5) is 0 Å². The molecule has 0 aromatic rings. The third-order valence-electron chi connectivity index (χ3n) is 2.25. The molecule has 0 unspecified atom stereocenters. The summed E-state index contributed by atoms with van der Waals surface area (Å²) in [7, 11) is 0. The minimum atomic E-state index is -0.255. The van der Waals surface area contributed by atoms with Crippen molar-refractivity contribution in [2.24, 2.45) is 0 Å². The highest BCUT2D eigenvalue weighted by molar-refractivity contribution is 4.83. The molecule has 1 aliphatic carbocycles. The van der Waals surface area contributed by atoms with Gasteiger partial charge < -0.3 is 5.11 Å². The first-order chi connectivity index (χ1) is 5.27. The molecular formula is C10H22O. The van der Waals surface area contributed by atoms with E-state index in [0.717, 1.165) is 25.7 Å². The molecule has 1 nitrogen and oxygen atoms in total. The highest BCUT2D eigenvalue weighted by Crippen LogP contribution is 2.32. The molecule has 1 N–H and O–H groups in total. The second kappa shape index (κ2) is 5.59. The van der Waals surface area contributed by atoms with Gasteiger partial charge in [0.2, 0.25) is 0 Å². The summed E-state index contributed by atoms with van der Waals surface area (Å²) in [6.07, 6.45) is 6.68. The average molecular weight is 158 g/mol. The Morgan fingerprint density at radius 2 is 1.64 bits per heavy atom. The van der Waals surface area contributed by atoms with E-state index in [2.05, 4.69) is 6.92 Å². The largest absolute Gasteiger partial charge is 0.390 e. The summed E-state index contributed by atoms with van der Waals surface area (Å²) in [4.78, 5) is 0. The standard InChI is InChI=1S/C8H16O.C2H6/c1-2-5-8(9)6-3-4-7-8;1-2/h9H,2-7H2,1H3;1-2H3. The zero-order chi connectivity index (χ0) is 8.74. The molecular weight excluding hydrogens is 136 g/mol. The van der Waals surface area contributed by atoms with E-state index in [1.807, 2.05) is 13.8 Å². The van der Waals surface area contributed by atoms with E-state index >= 15 is 0 Å². The lowest BCUT2D eigenvalue weighted by atomic mass is 9.97. The SMILES string of the molecule is CC.CCCC1(O)CCCC1. The van der Waals surface area contributed by atoms with Crippen LogP contribution in [0.25, 0.3) is 0 Å². The summed E-state index contributed by atoms with van der Waals surface area (Å²) >= 11 is 0. The first-order valence-electron chi connectivity index (χ1n) is 4.99. The van der Waals surface area contributed by atoms with Gasteiger partial charge in [-0.25, -0.2) is 0 Å². The molecule has 11 heavy (non-hydrogen) atoms. The maximum Gasteiger partial charge on any atom is 0.0647 e. The Kier molecular flexibility index (Phi) is 5.57. The van der Waals surface area contributed by atoms with Gasteiger partial charge in [-0.15, -0.1) is 0 Å². The van der Waals surface area contributed by atoms with Crippen molar-refractivity contribution in [2.75, 3.05) is 0 Å². The maximum atomic E-state index is 9.69. The maximum absolute atomic E-state index is 9.69. The first-order valence-corrected chi connectivity index (χ1v) is 4.99. The topological polar surface area (TPSA) is 20.2 Å². The van der Waals surface area contributed by atoms with Crippen molar-refractivity contribution in [3.63, 3.8) is 0 Å². The van der Waals surface area contributed by atoms with Gasteiger partial charge in [0, 0.05) is 0 Å². The van der Waals surface area contributed by atoms with Crippen molar-refractivity contribution >= 4 is 0 Å². The molecule has 1 fully saturated rings. The Labute approximate surface area is 70.8 Å². The third-order valence-corrected chi connectivity index (χ3v) is 2.25. The molecule has 1 rings (SSSR count). The van der Waals surface area contributed by atoms with Crippen molar-refractivity contribution in [1.82, 2.24) is 0 Å². The summed E-state index contributed by atoms with van der Waals surface area (Å²) in [6.45, 7) is 6.14. The van der Waals surface area contributed by atoms with Crippen LogP contribution >= 0.6 is 0 Å². The summed E-state index contributed by atoms with van der Waals surface area (Å²) in [6, 6.07) is 0. The monoisotopic (exact) mass is 158 g/mol. The fourth-order valence-corrected chi connectivity index (χ4v) is 1.75. The lowest BCUT2D eigenvalue weighted by Gasteiger charge is -2.20. The molecule has 0 atom stereocenters. The third kappa shape index (κ3) is 3.76. The van der Waals surface area contributed by atoms with Gasteiger partial charge in [-0.1, -0.05) is 40.0 Å². The molecule has 68 valence electrons. The van der Waals surface area contributed by atoms with Crippen LogP contribution in [0.2, 0.25) is 0 Å². The Hall–Kier alpha value is -0.0400. The van der Waals surface area contributed by atoms with Crippen molar-refractivity contribution in [3.05, 3.63) is 0 Å². The molecule has 0 heterocycles. The summed E-state index contributed by atoms with van der Waals surface area (Å²) < 4.78 is 0. The fraction of sp³-hybridized carbons (Fsp3) is 1.00. The van der Waals surface area contributed by atoms with Gasteiger partial charge in [-0.3, -0.25) is 0 Å². The lowest BCUT2D eigenvalue weighted by molar-refractivity contribution is 0.0381. The molecule has 0 aromatic heterocycles. The van der Waals surface area contributed by atoms with E-state index < -0.39 is 0 Å². The van der Waals surface area contributed by atoms with Gasteiger partial charge in [0.15, 0.2) is 0 Å². The van der Waals surface area contributed by atoms with Crippen LogP contribution in [0.15, 0.2) is 0 Å². The second-order valence-electron chi connectivity index (χ2n) is 3.18. The smallest absolute Gasteiger partial charge is 0.0647 e. The highest BCUT2D eigenvalue weighted by atomic mass is 16.3. The van der Waals surface area contributed by atoms with Gasteiger partial charge in [0.1, 0.15) is 0 Å². The molecule has 0 aromatic carbocycles. The molecule has 0 radical (unpaired) electrons. The van der Waals surface area contributed by atoms with Gasteiger partial charge >= 0.3 is 0 Å². The number of aliphatic hydroxyl groups is 1. The quantitative estimate of drug-likeness (QED) is 0.654. The van der Waals surface area contributed by atoms with E-state index in [1.54, 1.807) is 0 Å². The first kappa shape index (κ1) is 11.0. The summed E-state index contributed by atoms with van der Waals surface area (Å²) in [5.74, 6) is 0. The normalized spacial score (nSPS) is 20.7. The van der Waals surface area contributed by atoms with Crippen LogP contribution in [0.1, 0.15) is 59.3 Å². The van der Waals surface area contributed by atoms with E-state index in [9.17, 15) is 5.11 Å². The van der Waals surface area contributed by atoms with Crippen LogP contribution in [-0.2, 0) is 0 Å². The minimum absolute atomic E-state index is 0.255.